The number of nitrogens with two attached hydrogens (primary N) is 1. The van der Waals surface area contributed by atoms with Crippen LogP contribution in [-0.2, 0) is 13.0 Å². The van der Waals surface area contributed by atoms with Gasteiger partial charge in [-0.25, -0.2) is 0 Å². The molecule has 0 atom stereocenters. The summed E-state index contributed by atoms with van der Waals surface area (Å²) in [5.41, 5.74) is 7.37. The summed E-state index contributed by atoms with van der Waals surface area (Å²) >= 11 is 0. The van der Waals surface area contributed by atoms with Crippen molar-refractivity contribution in [1.29, 1.82) is 0 Å². The molecule has 0 fully saturated rings. The molecular weight excluding hydrogens is 241 g/mol. The number of hydrogen-bond donors (Lipinski definition) is 1. The number of hydrogen-bond acceptors (Lipinski definition) is 1. The lowest BCUT2D eigenvalue weighted by Crippen LogP contribution is -2.11. The summed E-state index contributed by atoms with van der Waals surface area (Å²) in [7, 11) is 0. The average molecular weight is 256 g/mol. The van der Waals surface area contributed by atoms with E-state index >= 15 is 0 Å². The molecule has 0 saturated heterocycles. The summed E-state index contributed by atoms with van der Waals surface area (Å²) in [6.45, 7) is 0.494. The normalized spacial score (nSPS) is 12.2. The predicted molar refractivity (Wildman–Crippen MR) is 65.4 cm³/mol. The topological polar surface area (TPSA) is 30.9 Å². The van der Waals surface area contributed by atoms with Gasteiger partial charge in [-0.3, -0.25) is 0 Å². The third-order valence-electron chi connectivity index (χ3n) is 2.91. The minimum Gasteiger partial charge on any atom is -0.347 e. The Kier molecular flexibility index (Phi) is 3.61. The lowest BCUT2D eigenvalue weighted by Gasteiger charge is -2.09. The Labute approximate surface area is 103 Å². The summed E-state index contributed by atoms with van der Waals surface area (Å²) in [5, 5.41) is 0.956. The van der Waals surface area contributed by atoms with Crippen LogP contribution in [0.25, 0.3) is 10.9 Å². The molecule has 0 saturated carbocycles. The Morgan fingerprint density at radius 1 is 1.17 bits per heavy atom. The highest BCUT2D eigenvalue weighted by atomic mass is 19.4. The highest BCUT2D eigenvalue weighted by molar-refractivity contribution is 5.80. The molecule has 0 radical (unpaired) electrons. The van der Waals surface area contributed by atoms with Crippen LogP contribution in [0.1, 0.15) is 12.0 Å². The SMILES string of the molecule is NCCc1ccc2ccn(CCC(F)(F)F)c2c1. The predicted octanol–water partition coefficient (Wildman–Crippen LogP) is 3.09. The van der Waals surface area contributed by atoms with Gasteiger partial charge in [0, 0.05) is 18.3 Å². The third kappa shape index (κ3) is 3.04. The molecule has 2 aromatic rings. The number of nitrogens with zero attached hydrogens (tertiary/aromatic N) is 1. The molecule has 98 valence electrons. The van der Waals surface area contributed by atoms with Gasteiger partial charge in [0.1, 0.15) is 0 Å². The molecule has 0 aliphatic heterocycles. The molecular formula is C13H15F3N2. The lowest BCUT2D eigenvalue weighted by molar-refractivity contribution is -0.136. The number of benzene rings is 1. The summed E-state index contributed by atoms with van der Waals surface area (Å²) < 4.78 is 38.3. The molecule has 0 unspecified atom stereocenters. The zero-order valence-electron chi connectivity index (χ0n) is 9.87. The quantitative estimate of drug-likeness (QED) is 0.895. The van der Waals surface area contributed by atoms with E-state index < -0.39 is 12.6 Å². The first-order valence-electron chi connectivity index (χ1n) is 5.84. The summed E-state index contributed by atoms with van der Waals surface area (Å²) in [6, 6.07) is 7.63. The molecule has 0 aliphatic rings. The van der Waals surface area contributed by atoms with Crippen molar-refractivity contribution in [2.75, 3.05) is 6.54 Å². The minimum absolute atomic E-state index is 0.0426. The zero-order valence-corrected chi connectivity index (χ0v) is 9.87. The van der Waals surface area contributed by atoms with E-state index in [1.165, 1.54) is 0 Å². The van der Waals surface area contributed by atoms with E-state index in [1.807, 2.05) is 24.3 Å². The molecule has 2 rings (SSSR count). The van der Waals surface area contributed by atoms with Gasteiger partial charge in [0.2, 0.25) is 0 Å². The van der Waals surface area contributed by atoms with Crippen LogP contribution in [-0.4, -0.2) is 17.3 Å². The summed E-state index contributed by atoms with van der Waals surface area (Å²) in [6.07, 6.45) is -2.49. The Hall–Kier alpha value is -1.49. The number of halogens is 3. The highest BCUT2D eigenvalue weighted by Crippen LogP contribution is 2.23. The molecule has 0 bridgehead atoms. The van der Waals surface area contributed by atoms with Crippen molar-refractivity contribution in [3.05, 3.63) is 36.0 Å². The monoisotopic (exact) mass is 256 g/mol. The highest BCUT2D eigenvalue weighted by Gasteiger charge is 2.26. The minimum atomic E-state index is -4.12. The van der Waals surface area contributed by atoms with E-state index in [1.54, 1.807) is 10.8 Å². The molecule has 1 aromatic heterocycles. The Morgan fingerprint density at radius 2 is 1.94 bits per heavy atom. The molecule has 1 aromatic carbocycles. The average Bonchev–Trinajstić information content (AvgIpc) is 2.68. The van der Waals surface area contributed by atoms with Crippen LogP contribution >= 0.6 is 0 Å². The molecule has 0 aliphatic carbocycles. The van der Waals surface area contributed by atoms with E-state index in [4.69, 9.17) is 5.73 Å². The first-order chi connectivity index (χ1) is 8.49. The number of alkyl halides is 3. The van der Waals surface area contributed by atoms with Crippen LogP contribution in [0.2, 0.25) is 0 Å². The Balaban J connectivity index is 2.25. The van der Waals surface area contributed by atoms with E-state index in [0.29, 0.717) is 6.54 Å². The molecule has 18 heavy (non-hydrogen) atoms. The number of aromatic nitrogens is 1. The second kappa shape index (κ2) is 5.02. The first kappa shape index (κ1) is 13.0. The van der Waals surface area contributed by atoms with Crippen molar-refractivity contribution >= 4 is 10.9 Å². The maximum Gasteiger partial charge on any atom is 0.390 e. The smallest absolute Gasteiger partial charge is 0.347 e. The van der Waals surface area contributed by atoms with Crippen LogP contribution in [0.4, 0.5) is 13.2 Å². The van der Waals surface area contributed by atoms with Crippen LogP contribution in [0.15, 0.2) is 30.5 Å². The largest absolute Gasteiger partial charge is 0.390 e. The fourth-order valence-corrected chi connectivity index (χ4v) is 1.99. The van der Waals surface area contributed by atoms with Gasteiger partial charge in [-0.1, -0.05) is 12.1 Å². The van der Waals surface area contributed by atoms with Crippen LogP contribution in [0.5, 0.6) is 0 Å². The molecule has 0 amide bonds. The zero-order chi connectivity index (χ0) is 13.2. The molecule has 2 N–H and O–H groups in total. The number of rotatable bonds is 4. The van der Waals surface area contributed by atoms with Crippen molar-refractivity contribution in [3.8, 4) is 0 Å². The van der Waals surface area contributed by atoms with Gasteiger partial charge in [0.05, 0.1) is 6.42 Å². The van der Waals surface area contributed by atoms with Gasteiger partial charge in [0.25, 0.3) is 0 Å². The van der Waals surface area contributed by atoms with Crippen molar-refractivity contribution in [2.24, 2.45) is 5.73 Å². The summed E-state index contributed by atoms with van der Waals surface area (Å²) in [4.78, 5) is 0. The fraction of sp³-hybridized carbons (Fsp3) is 0.385. The van der Waals surface area contributed by atoms with Crippen molar-refractivity contribution in [3.63, 3.8) is 0 Å². The third-order valence-corrected chi connectivity index (χ3v) is 2.91. The van der Waals surface area contributed by atoms with E-state index in [2.05, 4.69) is 0 Å². The maximum atomic E-state index is 12.2. The van der Waals surface area contributed by atoms with Gasteiger partial charge < -0.3 is 10.3 Å². The van der Waals surface area contributed by atoms with E-state index in [9.17, 15) is 13.2 Å². The van der Waals surface area contributed by atoms with E-state index in [0.717, 1.165) is 22.9 Å². The lowest BCUT2D eigenvalue weighted by atomic mass is 10.1. The molecule has 5 heteroatoms. The van der Waals surface area contributed by atoms with Gasteiger partial charge in [-0.05, 0) is 36.0 Å². The van der Waals surface area contributed by atoms with Crippen LogP contribution < -0.4 is 5.73 Å². The number of fused-ring (bicyclic) bond motifs is 1. The van der Waals surface area contributed by atoms with Gasteiger partial charge in [-0.2, -0.15) is 13.2 Å². The second-order valence-corrected chi connectivity index (χ2v) is 4.31. The van der Waals surface area contributed by atoms with Crippen LogP contribution in [0, 0.1) is 0 Å². The van der Waals surface area contributed by atoms with Crippen molar-refractivity contribution in [2.45, 2.75) is 25.6 Å². The standard InChI is InChI=1S/C13H15F3N2/c14-13(15,16)5-8-18-7-4-11-2-1-10(3-6-17)9-12(11)18/h1-2,4,7,9H,3,5-6,8,17H2. The first-order valence-corrected chi connectivity index (χ1v) is 5.84. The number of aryl methyl sites for hydroxylation is 1. The van der Waals surface area contributed by atoms with Gasteiger partial charge in [-0.15, -0.1) is 0 Å². The van der Waals surface area contributed by atoms with Gasteiger partial charge >= 0.3 is 6.18 Å². The van der Waals surface area contributed by atoms with Crippen molar-refractivity contribution < 1.29 is 13.2 Å². The van der Waals surface area contributed by atoms with Crippen molar-refractivity contribution in [1.82, 2.24) is 4.57 Å². The van der Waals surface area contributed by atoms with Crippen LogP contribution in [0.3, 0.4) is 0 Å². The molecule has 1 heterocycles. The van der Waals surface area contributed by atoms with Gasteiger partial charge in [0.15, 0.2) is 0 Å². The molecule has 0 spiro atoms. The summed E-state index contributed by atoms with van der Waals surface area (Å²) in [5.74, 6) is 0. The van der Waals surface area contributed by atoms with E-state index in [-0.39, 0.29) is 6.54 Å². The Bertz CT molecular complexity index is 529. The second-order valence-electron chi connectivity index (χ2n) is 4.31. The Morgan fingerprint density at radius 3 is 2.61 bits per heavy atom. The fourth-order valence-electron chi connectivity index (χ4n) is 1.99. The molecule has 2 nitrogen and oxygen atoms in total. The maximum absolute atomic E-state index is 12.2.